The molecular weight excluding hydrogens is 116 g/mol. The molecule has 0 aromatic rings. The second-order valence-electron chi connectivity index (χ2n) is 1.43. The fraction of sp³-hybridized carbons (Fsp3) is 1.00. The number of hydrogen-bond acceptors (Lipinski definition) is 1. The first kappa shape index (κ1) is 11.2. The summed E-state index contributed by atoms with van der Waals surface area (Å²) in [6.45, 7) is 6.20. The molecule has 0 bridgehead atoms. The summed E-state index contributed by atoms with van der Waals surface area (Å²) in [5.41, 5.74) is 0. The molecule has 0 aliphatic carbocycles. The van der Waals surface area contributed by atoms with Crippen LogP contribution in [-0.4, -0.2) is 5.75 Å². The Balaban J connectivity index is 0. The topological polar surface area (TPSA) is 0 Å². The molecule has 52 valence electrons. The van der Waals surface area contributed by atoms with Gasteiger partial charge >= 0.3 is 0 Å². The third-order valence-corrected chi connectivity index (χ3v) is 1.08. The third-order valence-electron chi connectivity index (χ3n) is 0.762. The van der Waals surface area contributed by atoms with Gasteiger partial charge in [0.05, 0.1) is 0 Å². The van der Waals surface area contributed by atoms with Crippen molar-refractivity contribution in [1.29, 1.82) is 0 Å². The molecule has 0 heterocycles. The van der Waals surface area contributed by atoms with Gasteiger partial charge in [-0.1, -0.05) is 33.6 Å². The Labute approximate surface area is 59.1 Å². The van der Waals surface area contributed by atoms with Crippen LogP contribution in [0.3, 0.4) is 0 Å². The van der Waals surface area contributed by atoms with Crippen molar-refractivity contribution < 1.29 is 0 Å². The quantitative estimate of drug-likeness (QED) is 0.445. The highest BCUT2D eigenvalue weighted by Gasteiger charge is 1.75. The molecule has 0 amide bonds. The van der Waals surface area contributed by atoms with Crippen molar-refractivity contribution in [2.45, 2.75) is 40.0 Å². The van der Waals surface area contributed by atoms with Crippen molar-refractivity contribution in [3.63, 3.8) is 0 Å². The molecule has 0 aliphatic heterocycles. The molecular formula is C7H18S. The molecule has 0 fully saturated rings. The zero-order valence-corrected chi connectivity index (χ0v) is 7.17. The maximum Gasteiger partial charge on any atom is -0.00979 e. The molecule has 1 heteroatoms. The molecule has 0 aromatic carbocycles. The second kappa shape index (κ2) is 15.7. The van der Waals surface area contributed by atoms with E-state index in [1.165, 1.54) is 19.3 Å². The summed E-state index contributed by atoms with van der Waals surface area (Å²) in [5.74, 6) is 1.05. The normalized spacial score (nSPS) is 7.50. The Morgan fingerprint density at radius 2 is 1.62 bits per heavy atom. The molecule has 0 spiro atoms. The van der Waals surface area contributed by atoms with E-state index in [9.17, 15) is 0 Å². The lowest BCUT2D eigenvalue weighted by Gasteiger charge is -1.85. The highest BCUT2D eigenvalue weighted by molar-refractivity contribution is 7.80. The van der Waals surface area contributed by atoms with Crippen LogP contribution in [0, 0.1) is 0 Å². The van der Waals surface area contributed by atoms with Crippen LogP contribution in [0.2, 0.25) is 0 Å². The summed E-state index contributed by atoms with van der Waals surface area (Å²) in [4.78, 5) is 0. The summed E-state index contributed by atoms with van der Waals surface area (Å²) >= 11 is 4.05. The van der Waals surface area contributed by atoms with Gasteiger partial charge in [0.2, 0.25) is 0 Å². The standard InChI is InChI=1S/C5H12S.C2H6/c1-2-3-4-5-6;1-2/h6H,2-5H2,1H3;1-2H3. The van der Waals surface area contributed by atoms with Crippen LogP contribution >= 0.6 is 12.6 Å². The van der Waals surface area contributed by atoms with E-state index in [0.717, 1.165) is 5.75 Å². The van der Waals surface area contributed by atoms with Crippen molar-refractivity contribution in [3.8, 4) is 0 Å². The van der Waals surface area contributed by atoms with Crippen molar-refractivity contribution in [3.05, 3.63) is 0 Å². The van der Waals surface area contributed by atoms with Crippen LogP contribution in [0.1, 0.15) is 40.0 Å². The van der Waals surface area contributed by atoms with Crippen LogP contribution < -0.4 is 0 Å². The number of thiol groups is 1. The first-order valence-corrected chi connectivity index (χ1v) is 4.16. The van der Waals surface area contributed by atoms with E-state index >= 15 is 0 Å². The summed E-state index contributed by atoms with van der Waals surface area (Å²) in [7, 11) is 0. The van der Waals surface area contributed by atoms with E-state index < -0.39 is 0 Å². The molecule has 0 nitrogen and oxygen atoms in total. The van der Waals surface area contributed by atoms with E-state index in [4.69, 9.17) is 0 Å². The maximum atomic E-state index is 4.05. The van der Waals surface area contributed by atoms with Gasteiger partial charge in [-0.15, -0.1) is 0 Å². The third kappa shape index (κ3) is 16.2. The van der Waals surface area contributed by atoms with Gasteiger partial charge in [-0.05, 0) is 12.2 Å². The van der Waals surface area contributed by atoms with Crippen LogP contribution in [-0.2, 0) is 0 Å². The lowest BCUT2D eigenvalue weighted by Crippen LogP contribution is -1.70. The Bertz CT molecular complexity index is 16.3. The summed E-state index contributed by atoms with van der Waals surface area (Å²) in [6.07, 6.45) is 3.92. The smallest absolute Gasteiger partial charge is 0.00979 e. The predicted octanol–water partition coefficient (Wildman–Crippen LogP) is 3.13. The molecule has 0 saturated heterocycles. The molecule has 0 N–H and O–H groups in total. The van der Waals surface area contributed by atoms with Crippen LogP contribution in [0.15, 0.2) is 0 Å². The van der Waals surface area contributed by atoms with Gasteiger partial charge in [0.1, 0.15) is 0 Å². The maximum absolute atomic E-state index is 4.05. The van der Waals surface area contributed by atoms with Gasteiger partial charge in [-0.25, -0.2) is 0 Å². The summed E-state index contributed by atoms with van der Waals surface area (Å²) in [5, 5.41) is 0. The number of unbranched alkanes of at least 4 members (excludes halogenated alkanes) is 2. The number of rotatable bonds is 3. The van der Waals surface area contributed by atoms with Gasteiger partial charge in [-0.2, -0.15) is 12.6 Å². The molecule has 0 unspecified atom stereocenters. The minimum absolute atomic E-state index is 1.05. The average molecular weight is 134 g/mol. The van der Waals surface area contributed by atoms with Gasteiger partial charge in [0, 0.05) is 0 Å². The SMILES string of the molecule is CC.CCCCCS. The Hall–Kier alpha value is 0.350. The van der Waals surface area contributed by atoms with Crippen LogP contribution in [0.4, 0.5) is 0 Å². The van der Waals surface area contributed by atoms with Gasteiger partial charge in [-0.3, -0.25) is 0 Å². The molecule has 0 rings (SSSR count). The Morgan fingerprint density at radius 1 is 1.12 bits per heavy atom. The zero-order valence-electron chi connectivity index (χ0n) is 6.28. The van der Waals surface area contributed by atoms with E-state index in [1.807, 2.05) is 13.8 Å². The van der Waals surface area contributed by atoms with E-state index in [1.54, 1.807) is 0 Å². The minimum Gasteiger partial charge on any atom is -0.179 e. The highest BCUT2D eigenvalue weighted by atomic mass is 32.1. The first-order valence-electron chi connectivity index (χ1n) is 3.52. The molecule has 0 aromatic heterocycles. The molecule has 0 saturated carbocycles. The predicted molar refractivity (Wildman–Crippen MR) is 44.7 cm³/mol. The van der Waals surface area contributed by atoms with E-state index in [0.29, 0.717) is 0 Å². The van der Waals surface area contributed by atoms with Crippen molar-refractivity contribution in [1.82, 2.24) is 0 Å². The second-order valence-corrected chi connectivity index (χ2v) is 1.88. The monoisotopic (exact) mass is 134 g/mol. The summed E-state index contributed by atoms with van der Waals surface area (Å²) in [6, 6.07) is 0. The first-order chi connectivity index (χ1) is 3.91. The largest absolute Gasteiger partial charge is 0.179 e. The van der Waals surface area contributed by atoms with Crippen molar-refractivity contribution >= 4 is 12.6 Å². The van der Waals surface area contributed by atoms with Crippen molar-refractivity contribution in [2.24, 2.45) is 0 Å². The molecule has 0 aliphatic rings. The van der Waals surface area contributed by atoms with E-state index in [2.05, 4.69) is 19.6 Å². The van der Waals surface area contributed by atoms with Crippen LogP contribution in [0.25, 0.3) is 0 Å². The minimum atomic E-state index is 1.05. The lowest BCUT2D eigenvalue weighted by atomic mass is 10.3. The molecule has 0 radical (unpaired) electrons. The Morgan fingerprint density at radius 3 is 1.75 bits per heavy atom. The highest BCUT2D eigenvalue weighted by Crippen LogP contribution is 1.93. The molecule has 8 heavy (non-hydrogen) atoms. The fourth-order valence-corrected chi connectivity index (χ4v) is 0.585. The zero-order chi connectivity index (χ0) is 6.83. The summed E-state index contributed by atoms with van der Waals surface area (Å²) < 4.78 is 0. The molecule has 0 atom stereocenters. The van der Waals surface area contributed by atoms with Gasteiger partial charge in [0.15, 0.2) is 0 Å². The fourth-order valence-electron chi connectivity index (χ4n) is 0.362. The van der Waals surface area contributed by atoms with Gasteiger partial charge < -0.3 is 0 Å². The van der Waals surface area contributed by atoms with Crippen LogP contribution in [0.5, 0.6) is 0 Å². The van der Waals surface area contributed by atoms with Crippen molar-refractivity contribution in [2.75, 3.05) is 5.75 Å². The lowest BCUT2D eigenvalue weighted by molar-refractivity contribution is 0.780. The number of hydrogen-bond donors (Lipinski definition) is 1. The Kier molecular flexibility index (Phi) is 21.9. The van der Waals surface area contributed by atoms with Gasteiger partial charge in [0.25, 0.3) is 0 Å². The average Bonchev–Trinajstić information content (AvgIpc) is 1.88. The van der Waals surface area contributed by atoms with E-state index in [-0.39, 0.29) is 0 Å².